The van der Waals surface area contributed by atoms with Crippen LogP contribution in [0.3, 0.4) is 0 Å². The standard InChI is InChI=1S/C28H28FN9O2/c29-21-12-19(28(39)33-8-1-6-30)13-24(14-21)40-23-4-10-37(11-5-23)17-22(2-7-31)38-16-20(15-36-38)26-25-3-9-32-27(25)35-18-34-26/h3,9,12-16,18,22-23H,1-2,4-5,8,10-11,17H2,(H,33,39)(H,32,34,35). The molecule has 5 rings (SSSR count). The van der Waals surface area contributed by atoms with E-state index in [0.717, 1.165) is 54.3 Å². The molecule has 1 aliphatic rings. The van der Waals surface area contributed by atoms with Crippen molar-refractivity contribution in [2.45, 2.75) is 37.8 Å². The summed E-state index contributed by atoms with van der Waals surface area (Å²) in [5.74, 6) is -0.703. The summed E-state index contributed by atoms with van der Waals surface area (Å²) in [5.41, 5.74) is 2.55. The number of halogens is 1. The molecule has 1 atom stereocenters. The van der Waals surface area contributed by atoms with E-state index >= 15 is 0 Å². The lowest BCUT2D eigenvalue weighted by atomic mass is 10.1. The molecule has 40 heavy (non-hydrogen) atoms. The second-order valence-corrected chi connectivity index (χ2v) is 9.64. The molecule has 0 saturated carbocycles. The third-order valence-electron chi connectivity index (χ3n) is 6.89. The van der Waals surface area contributed by atoms with Gasteiger partial charge in [0.25, 0.3) is 5.91 Å². The van der Waals surface area contributed by atoms with Crippen molar-refractivity contribution in [3.63, 3.8) is 0 Å². The highest BCUT2D eigenvalue weighted by molar-refractivity contribution is 5.94. The number of carbonyl (C=O) groups is 1. The first kappa shape index (κ1) is 26.8. The number of hydrogen-bond acceptors (Lipinski definition) is 8. The molecule has 11 nitrogen and oxygen atoms in total. The second-order valence-electron chi connectivity index (χ2n) is 9.64. The van der Waals surface area contributed by atoms with Gasteiger partial charge < -0.3 is 19.9 Å². The number of ether oxygens (including phenoxy) is 1. The zero-order valence-corrected chi connectivity index (χ0v) is 21.8. The quantitative estimate of drug-likeness (QED) is 0.289. The molecule has 0 bridgehead atoms. The molecule has 204 valence electrons. The largest absolute Gasteiger partial charge is 0.490 e. The van der Waals surface area contributed by atoms with Crippen LogP contribution in [0.5, 0.6) is 5.75 Å². The van der Waals surface area contributed by atoms with Gasteiger partial charge in [0.2, 0.25) is 0 Å². The van der Waals surface area contributed by atoms with Gasteiger partial charge in [-0.15, -0.1) is 0 Å². The third kappa shape index (κ3) is 6.25. The van der Waals surface area contributed by atoms with E-state index < -0.39 is 11.7 Å². The first-order valence-electron chi connectivity index (χ1n) is 13.1. The Hall–Kier alpha value is -4.81. The molecular weight excluding hydrogens is 513 g/mol. The number of aromatic amines is 1. The minimum atomic E-state index is -0.558. The summed E-state index contributed by atoms with van der Waals surface area (Å²) in [7, 11) is 0. The first-order valence-corrected chi connectivity index (χ1v) is 13.1. The van der Waals surface area contributed by atoms with Gasteiger partial charge in [0.15, 0.2) is 0 Å². The van der Waals surface area contributed by atoms with Crippen molar-refractivity contribution in [3.8, 4) is 29.1 Å². The van der Waals surface area contributed by atoms with E-state index in [9.17, 15) is 14.4 Å². The van der Waals surface area contributed by atoms with Crippen molar-refractivity contribution in [1.29, 1.82) is 10.5 Å². The maximum absolute atomic E-state index is 14.2. The van der Waals surface area contributed by atoms with Gasteiger partial charge in [0, 0.05) is 61.2 Å². The van der Waals surface area contributed by atoms with Gasteiger partial charge in [0.1, 0.15) is 29.6 Å². The topological polar surface area (TPSA) is 149 Å². The summed E-state index contributed by atoms with van der Waals surface area (Å²) in [6.45, 7) is 2.34. The number of benzene rings is 1. The third-order valence-corrected chi connectivity index (χ3v) is 6.89. The zero-order chi connectivity index (χ0) is 27.9. The van der Waals surface area contributed by atoms with E-state index in [1.54, 1.807) is 6.20 Å². The highest BCUT2D eigenvalue weighted by Crippen LogP contribution is 2.27. The van der Waals surface area contributed by atoms with Crippen molar-refractivity contribution < 1.29 is 13.9 Å². The average Bonchev–Trinajstić information content (AvgIpc) is 3.64. The summed E-state index contributed by atoms with van der Waals surface area (Å²) in [6, 6.07) is 9.97. The molecule has 3 aromatic heterocycles. The highest BCUT2D eigenvalue weighted by atomic mass is 19.1. The number of piperidine rings is 1. The Morgan fingerprint density at radius 3 is 2.88 bits per heavy atom. The summed E-state index contributed by atoms with van der Waals surface area (Å²) >= 11 is 0. The summed E-state index contributed by atoms with van der Waals surface area (Å²) in [5, 5.41) is 26.2. The van der Waals surface area contributed by atoms with Crippen LogP contribution >= 0.6 is 0 Å². The Bertz CT molecular complexity index is 1560. The highest BCUT2D eigenvalue weighted by Gasteiger charge is 2.25. The number of fused-ring (bicyclic) bond motifs is 1. The molecule has 0 spiro atoms. The molecule has 0 radical (unpaired) electrons. The second kappa shape index (κ2) is 12.4. The average molecular weight is 542 g/mol. The number of nitrogens with zero attached hydrogens (tertiary/aromatic N) is 7. The number of aromatic nitrogens is 5. The van der Waals surface area contributed by atoms with E-state index in [2.05, 4.69) is 36.3 Å². The van der Waals surface area contributed by atoms with Crippen LogP contribution in [0.4, 0.5) is 4.39 Å². The van der Waals surface area contributed by atoms with Crippen molar-refractivity contribution >= 4 is 16.9 Å². The molecule has 1 unspecified atom stereocenters. The van der Waals surface area contributed by atoms with Crippen LogP contribution in [0.2, 0.25) is 0 Å². The maximum Gasteiger partial charge on any atom is 0.251 e. The lowest BCUT2D eigenvalue weighted by molar-refractivity contribution is 0.0899. The number of nitriles is 2. The monoisotopic (exact) mass is 541 g/mol. The molecule has 4 aromatic rings. The first-order chi connectivity index (χ1) is 19.5. The predicted molar refractivity (Wildman–Crippen MR) is 143 cm³/mol. The SMILES string of the molecule is N#CCCNC(=O)c1cc(F)cc(OC2CCN(CC(CC#N)n3cc(-c4ncnc5[nH]ccc45)cn3)CC2)c1. The lowest BCUT2D eigenvalue weighted by Gasteiger charge is -2.34. The predicted octanol–water partition coefficient (Wildman–Crippen LogP) is 3.60. The Balaban J connectivity index is 1.18. The Kier molecular flexibility index (Phi) is 8.28. The number of hydrogen-bond donors (Lipinski definition) is 2. The number of likely N-dealkylation sites (tertiary alicyclic amines) is 1. The normalized spacial score (nSPS) is 14.9. The molecule has 1 saturated heterocycles. The number of amides is 1. The van der Waals surface area contributed by atoms with Crippen LogP contribution in [-0.2, 0) is 0 Å². The van der Waals surface area contributed by atoms with Crippen LogP contribution in [0.15, 0.2) is 49.2 Å². The molecule has 2 N–H and O–H groups in total. The van der Waals surface area contributed by atoms with E-state index in [1.165, 1.54) is 18.5 Å². The Labute approximate surface area is 230 Å². The van der Waals surface area contributed by atoms with Crippen molar-refractivity contribution in [2.75, 3.05) is 26.2 Å². The minimum absolute atomic E-state index is 0.125. The van der Waals surface area contributed by atoms with Crippen molar-refractivity contribution in [1.82, 2.24) is 34.9 Å². The summed E-state index contributed by atoms with van der Waals surface area (Å²) in [4.78, 5) is 26.3. The van der Waals surface area contributed by atoms with Gasteiger partial charge in [-0.1, -0.05) is 0 Å². The number of nitrogens with one attached hydrogen (secondary N) is 2. The van der Waals surface area contributed by atoms with Crippen LogP contribution in [-0.4, -0.2) is 67.8 Å². The smallest absolute Gasteiger partial charge is 0.251 e. The fourth-order valence-electron chi connectivity index (χ4n) is 4.91. The fourth-order valence-corrected chi connectivity index (χ4v) is 4.91. The van der Waals surface area contributed by atoms with Gasteiger partial charge in [-0.3, -0.25) is 9.48 Å². The van der Waals surface area contributed by atoms with E-state index in [-0.39, 0.29) is 30.7 Å². The molecular formula is C28H28FN9O2. The summed E-state index contributed by atoms with van der Waals surface area (Å²) in [6.07, 6.45) is 8.82. The molecule has 1 amide bonds. The number of rotatable bonds is 10. The van der Waals surface area contributed by atoms with Crippen LogP contribution < -0.4 is 10.1 Å². The van der Waals surface area contributed by atoms with Gasteiger partial charge in [-0.05, 0) is 31.0 Å². The van der Waals surface area contributed by atoms with Crippen LogP contribution in [0, 0.1) is 28.5 Å². The molecule has 4 heterocycles. The lowest BCUT2D eigenvalue weighted by Crippen LogP contribution is -2.41. The van der Waals surface area contributed by atoms with Gasteiger partial charge in [-0.2, -0.15) is 15.6 Å². The van der Waals surface area contributed by atoms with E-state index in [4.69, 9.17) is 10.00 Å². The number of carbonyl (C=O) groups excluding carboxylic acids is 1. The minimum Gasteiger partial charge on any atom is -0.490 e. The van der Waals surface area contributed by atoms with Crippen LogP contribution in [0.1, 0.15) is 42.1 Å². The van der Waals surface area contributed by atoms with Gasteiger partial charge in [0.05, 0.1) is 42.9 Å². The van der Waals surface area contributed by atoms with E-state index in [1.807, 2.05) is 29.2 Å². The van der Waals surface area contributed by atoms with E-state index in [0.29, 0.717) is 18.7 Å². The zero-order valence-electron chi connectivity index (χ0n) is 21.8. The van der Waals surface area contributed by atoms with Crippen molar-refractivity contribution in [3.05, 3.63) is 60.6 Å². The molecule has 1 fully saturated rings. The van der Waals surface area contributed by atoms with Gasteiger partial charge in [-0.25, -0.2) is 14.4 Å². The van der Waals surface area contributed by atoms with Crippen LogP contribution in [0.25, 0.3) is 22.3 Å². The number of H-pyrrole nitrogens is 1. The molecule has 12 heteroatoms. The molecule has 0 aliphatic carbocycles. The summed E-state index contributed by atoms with van der Waals surface area (Å²) < 4.78 is 22.0. The molecule has 1 aliphatic heterocycles. The van der Waals surface area contributed by atoms with Crippen molar-refractivity contribution in [2.24, 2.45) is 0 Å². The fraction of sp³-hybridized carbons (Fsp3) is 0.357. The van der Waals surface area contributed by atoms with Gasteiger partial charge >= 0.3 is 0 Å². The Morgan fingerprint density at radius 2 is 2.08 bits per heavy atom. The molecule has 1 aromatic carbocycles. The Morgan fingerprint density at radius 1 is 1.23 bits per heavy atom. The maximum atomic E-state index is 14.2.